The summed E-state index contributed by atoms with van der Waals surface area (Å²) in [7, 11) is 0. The van der Waals surface area contributed by atoms with Crippen LogP contribution in [0.2, 0.25) is 0 Å². The summed E-state index contributed by atoms with van der Waals surface area (Å²) >= 11 is 0. The van der Waals surface area contributed by atoms with Gasteiger partial charge in [-0.05, 0) is 25.0 Å². The van der Waals surface area contributed by atoms with E-state index in [-0.39, 0.29) is 12.2 Å². The lowest BCUT2D eigenvalue weighted by molar-refractivity contribution is 0.113. The normalized spacial score (nSPS) is 17.9. The van der Waals surface area contributed by atoms with E-state index in [1.165, 1.54) is 0 Å². The molecule has 5 heteroatoms. The van der Waals surface area contributed by atoms with Crippen LogP contribution in [0.5, 0.6) is 0 Å². The molecule has 0 radical (unpaired) electrons. The second-order valence-electron chi connectivity index (χ2n) is 3.81. The first-order valence-corrected chi connectivity index (χ1v) is 4.56. The van der Waals surface area contributed by atoms with Crippen molar-refractivity contribution in [3.63, 3.8) is 0 Å². The Balaban J connectivity index is 2.47. The Labute approximate surface area is 84.8 Å². The smallest absolute Gasteiger partial charge is 0.165 e. The van der Waals surface area contributed by atoms with Crippen LogP contribution < -0.4 is 5.90 Å². The van der Waals surface area contributed by atoms with Crippen molar-refractivity contribution in [2.24, 2.45) is 5.90 Å². The summed E-state index contributed by atoms with van der Waals surface area (Å²) in [5.74, 6) is 1.96. The van der Waals surface area contributed by atoms with Gasteiger partial charge in [-0.15, -0.1) is 0 Å². The molecule has 1 aromatic carbocycles. The van der Waals surface area contributed by atoms with Crippen molar-refractivity contribution < 1.29 is 18.0 Å². The van der Waals surface area contributed by atoms with Gasteiger partial charge in [-0.2, -0.15) is 0 Å². The summed E-state index contributed by atoms with van der Waals surface area (Å²) in [6, 6.07) is 1.69. The first-order valence-electron chi connectivity index (χ1n) is 4.56. The Hall–Kier alpha value is -1.07. The minimum atomic E-state index is -1.13. The van der Waals surface area contributed by atoms with Crippen molar-refractivity contribution in [1.29, 1.82) is 0 Å². The molecule has 0 bridgehead atoms. The van der Waals surface area contributed by atoms with Crippen LogP contribution in [0.25, 0.3) is 0 Å². The van der Waals surface area contributed by atoms with Crippen LogP contribution in [0.15, 0.2) is 12.1 Å². The molecule has 0 unspecified atom stereocenters. The lowest BCUT2D eigenvalue weighted by Crippen LogP contribution is -2.21. The fourth-order valence-corrected chi connectivity index (χ4v) is 1.79. The number of hydrogen-bond acceptors (Lipinski definition) is 2. The third-order valence-electron chi connectivity index (χ3n) is 2.79. The van der Waals surface area contributed by atoms with E-state index in [1.807, 2.05) is 0 Å². The summed E-state index contributed by atoms with van der Waals surface area (Å²) < 4.78 is 39.7. The average Bonchev–Trinajstić information content (AvgIpc) is 2.94. The maximum atomic E-state index is 13.4. The Morgan fingerprint density at radius 1 is 1.20 bits per heavy atom. The van der Waals surface area contributed by atoms with E-state index in [2.05, 4.69) is 4.84 Å². The highest BCUT2D eigenvalue weighted by Crippen LogP contribution is 2.50. The first kappa shape index (κ1) is 10.4. The number of nitrogens with two attached hydrogens (primary N) is 1. The predicted octanol–water partition coefficient (Wildman–Crippen LogP) is 2.03. The Kier molecular flexibility index (Phi) is 2.44. The lowest BCUT2D eigenvalue weighted by Gasteiger charge is -2.15. The largest absolute Gasteiger partial charge is 0.304 e. The zero-order valence-electron chi connectivity index (χ0n) is 7.90. The molecule has 2 N–H and O–H groups in total. The highest BCUT2D eigenvalue weighted by Gasteiger charge is 2.48. The Morgan fingerprint density at radius 3 is 2.33 bits per heavy atom. The van der Waals surface area contributed by atoms with Crippen molar-refractivity contribution >= 4 is 0 Å². The van der Waals surface area contributed by atoms with E-state index in [0.29, 0.717) is 12.8 Å². The quantitative estimate of drug-likeness (QED) is 0.621. The van der Waals surface area contributed by atoms with Crippen LogP contribution in [0.1, 0.15) is 18.4 Å². The van der Waals surface area contributed by atoms with E-state index in [9.17, 15) is 13.2 Å². The average molecular weight is 217 g/mol. The van der Waals surface area contributed by atoms with Crippen LogP contribution in [-0.4, -0.2) is 6.61 Å². The fraction of sp³-hybridized carbons (Fsp3) is 0.400. The molecule has 82 valence electrons. The van der Waals surface area contributed by atoms with Gasteiger partial charge in [0.25, 0.3) is 0 Å². The van der Waals surface area contributed by atoms with Crippen LogP contribution >= 0.6 is 0 Å². The molecule has 0 atom stereocenters. The van der Waals surface area contributed by atoms with Gasteiger partial charge in [-0.1, -0.05) is 0 Å². The predicted molar refractivity (Wildman–Crippen MR) is 47.4 cm³/mol. The molecule has 2 nitrogen and oxygen atoms in total. The van der Waals surface area contributed by atoms with Crippen molar-refractivity contribution in [1.82, 2.24) is 0 Å². The van der Waals surface area contributed by atoms with Crippen molar-refractivity contribution in [2.45, 2.75) is 18.3 Å². The summed E-state index contributed by atoms with van der Waals surface area (Å²) in [5, 5.41) is 0. The summed E-state index contributed by atoms with van der Waals surface area (Å²) in [5.41, 5.74) is -1.02. The van der Waals surface area contributed by atoms with Gasteiger partial charge in [0.15, 0.2) is 11.6 Å². The molecule has 0 spiro atoms. The molecule has 0 saturated heterocycles. The maximum Gasteiger partial charge on any atom is 0.165 e. The number of rotatable bonds is 3. The maximum absolute atomic E-state index is 13.4. The zero-order chi connectivity index (χ0) is 11.1. The van der Waals surface area contributed by atoms with Gasteiger partial charge in [0.1, 0.15) is 5.82 Å². The second-order valence-corrected chi connectivity index (χ2v) is 3.81. The molecule has 0 amide bonds. The van der Waals surface area contributed by atoms with Crippen molar-refractivity contribution in [2.75, 3.05) is 6.61 Å². The Bertz CT molecular complexity index is 390. The molecule has 15 heavy (non-hydrogen) atoms. The fourth-order valence-electron chi connectivity index (χ4n) is 1.79. The standard InChI is InChI=1S/C10H10F3NO/c11-6-1-2-7(12)9(13)8(6)10(3-4-10)5-15-14/h1-2H,3-5,14H2. The highest BCUT2D eigenvalue weighted by atomic mass is 19.2. The van der Waals surface area contributed by atoms with Crippen LogP contribution in [0.3, 0.4) is 0 Å². The zero-order valence-corrected chi connectivity index (χ0v) is 7.90. The molecule has 1 fully saturated rings. The van der Waals surface area contributed by atoms with Gasteiger partial charge >= 0.3 is 0 Å². The number of hydrogen-bond donors (Lipinski definition) is 1. The SMILES string of the molecule is NOCC1(c2c(F)ccc(F)c2F)CC1. The third-order valence-corrected chi connectivity index (χ3v) is 2.79. The van der Waals surface area contributed by atoms with Crippen molar-refractivity contribution in [3.05, 3.63) is 35.1 Å². The Morgan fingerprint density at radius 2 is 1.80 bits per heavy atom. The van der Waals surface area contributed by atoms with Crippen LogP contribution in [0.4, 0.5) is 13.2 Å². The third kappa shape index (κ3) is 1.61. The molecular weight excluding hydrogens is 207 g/mol. The molecule has 1 saturated carbocycles. The van der Waals surface area contributed by atoms with Crippen LogP contribution in [-0.2, 0) is 10.3 Å². The molecule has 0 aromatic heterocycles. The van der Waals surface area contributed by atoms with Gasteiger partial charge in [0, 0.05) is 11.0 Å². The summed E-state index contributed by atoms with van der Waals surface area (Å²) in [4.78, 5) is 4.42. The first-order chi connectivity index (χ1) is 7.10. The molecule has 0 aliphatic heterocycles. The summed E-state index contributed by atoms with van der Waals surface area (Å²) in [6.07, 6.45) is 1.11. The van der Waals surface area contributed by atoms with E-state index in [1.54, 1.807) is 0 Å². The lowest BCUT2D eigenvalue weighted by atomic mass is 9.95. The minimum absolute atomic E-state index is 0.00426. The summed E-state index contributed by atoms with van der Waals surface area (Å²) in [6.45, 7) is 0.00426. The van der Waals surface area contributed by atoms with Gasteiger partial charge in [0.05, 0.1) is 6.61 Å². The van der Waals surface area contributed by atoms with Gasteiger partial charge in [-0.3, -0.25) is 0 Å². The van der Waals surface area contributed by atoms with Gasteiger partial charge in [-0.25, -0.2) is 19.1 Å². The van der Waals surface area contributed by atoms with E-state index >= 15 is 0 Å². The molecule has 1 aromatic rings. The number of halogens is 3. The molecule has 1 aliphatic carbocycles. The molecule has 0 heterocycles. The number of benzene rings is 1. The topological polar surface area (TPSA) is 35.2 Å². The van der Waals surface area contributed by atoms with E-state index in [0.717, 1.165) is 12.1 Å². The van der Waals surface area contributed by atoms with Gasteiger partial charge in [0.2, 0.25) is 0 Å². The monoisotopic (exact) mass is 217 g/mol. The highest BCUT2D eigenvalue weighted by molar-refractivity contribution is 5.34. The second kappa shape index (κ2) is 3.50. The van der Waals surface area contributed by atoms with Gasteiger partial charge < -0.3 is 4.84 Å². The molecular formula is C10H10F3NO. The molecule has 1 aliphatic rings. The van der Waals surface area contributed by atoms with Crippen LogP contribution in [0, 0.1) is 17.5 Å². The van der Waals surface area contributed by atoms with E-state index in [4.69, 9.17) is 5.90 Å². The van der Waals surface area contributed by atoms with E-state index < -0.39 is 22.9 Å². The minimum Gasteiger partial charge on any atom is -0.304 e. The van der Waals surface area contributed by atoms with Crippen molar-refractivity contribution in [3.8, 4) is 0 Å². The molecule has 2 rings (SSSR count).